The van der Waals surface area contributed by atoms with Crippen molar-refractivity contribution in [3.05, 3.63) is 59.7 Å². The number of carbonyl (C=O) groups is 1. The molecule has 4 heteroatoms. The first kappa shape index (κ1) is 14.1. The summed E-state index contributed by atoms with van der Waals surface area (Å²) in [6, 6.07) is 14.0. The van der Waals surface area contributed by atoms with Crippen molar-refractivity contribution in [1.29, 1.82) is 0 Å². The van der Waals surface area contributed by atoms with Crippen LogP contribution in [0.4, 0.5) is 0 Å². The van der Waals surface area contributed by atoms with Crippen LogP contribution in [0.25, 0.3) is 0 Å². The van der Waals surface area contributed by atoms with E-state index in [9.17, 15) is 4.79 Å². The van der Waals surface area contributed by atoms with Gasteiger partial charge < -0.3 is 14.2 Å². The van der Waals surface area contributed by atoms with Crippen LogP contribution in [0.5, 0.6) is 11.5 Å². The Morgan fingerprint density at radius 1 is 1.00 bits per heavy atom. The predicted octanol–water partition coefficient (Wildman–Crippen LogP) is 3.06. The zero-order valence-electron chi connectivity index (χ0n) is 11.5. The second-order valence-corrected chi connectivity index (χ2v) is 4.20. The first-order valence-corrected chi connectivity index (χ1v) is 6.17. The summed E-state index contributed by atoms with van der Waals surface area (Å²) < 4.78 is 15.4. The lowest BCUT2D eigenvalue weighted by Crippen LogP contribution is -2.08. The summed E-state index contributed by atoms with van der Waals surface area (Å²) in [7, 11) is 3.20. The van der Waals surface area contributed by atoms with Crippen molar-refractivity contribution in [3.63, 3.8) is 0 Å². The van der Waals surface area contributed by atoms with E-state index in [1.54, 1.807) is 56.7 Å². The van der Waals surface area contributed by atoms with Crippen molar-refractivity contribution < 1.29 is 19.0 Å². The first-order valence-electron chi connectivity index (χ1n) is 6.17. The van der Waals surface area contributed by atoms with Gasteiger partial charge in [-0.3, -0.25) is 0 Å². The molecule has 0 aliphatic carbocycles. The van der Waals surface area contributed by atoms with Crippen LogP contribution in [0.1, 0.15) is 15.9 Å². The fourth-order valence-electron chi connectivity index (χ4n) is 1.76. The van der Waals surface area contributed by atoms with Crippen LogP contribution in [-0.2, 0) is 11.3 Å². The van der Waals surface area contributed by atoms with Gasteiger partial charge in [-0.15, -0.1) is 0 Å². The number of benzene rings is 2. The minimum atomic E-state index is -0.395. The lowest BCUT2D eigenvalue weighted by Gasteiger charge is -2.06. The Morgan fingerprint density at radius 2 is 1.70 bits per heavy atom. The van der Waals surface area contributed by atoms with Crippen molar-refractivity contribution in [3.8, 4) is 11.5 Å². The lowest BCUT2D eigenvalue weighted by atomic mass is 10.1. The molecular weight excluding hydrogens is 256 g/mol. The summed E-state index contributed by atoms with van der Waals surface area (Å²) >= 11 is 0. The minimum absolute atomic E-state index is 0.395. The van der Waals surface area contributed by atoms with Crippen molar-refractivity contribution in [1.82, 2.24) is 0 Å². The number of hydrogen-bond donors (Lipinski definition) is 0. The largest absolute Gasteiger partial charge is 0.497 e. The average Bonchev–Trinajstić information content (AvgIpc) is 2.48. The Labute approximate surface area is 117 Å². The molecule has 0 saturated heterocycles. The summed E-state index contributed by atoms with van der Waals surface area (Å²) in [4.78, 5) is 12.0. The van der Waals surface area contributed by atoms with Gasteiger partial charge in [0.25, 0.3) is 0 Å². The Hall–Kier alpha value is -2.33. The van der Waals surface area contributed by atoms with Crippen LogP contribution < -0.4 is 9.47 Å². The van der Waals surface area contributed by atoms with Gasteiger partial charge in [0.1, 0.15) is 11.5 Å². The fourth-order valence-corrected chi connectivity index (χ4v) is 1.76. The van der Waals surface area contributed by atoms with Gasteiger partial charge in [0, 0.05) is 7.11 Å². The standard InChI is InChI=1S/C16H16O4/c1-18-11-12-4-3-5-13(10-12)16(17)20-15-8-6-14(19-2)7-9-15/h3-10H,11H2,1-2H3. The van der Waals surface area contributed by atoms with Crippen molar-refractivity contribution in [2.24, 2.45) is 0 Å². The van der Waals surface area contributed by atoms with Crippen molar-refractivity contribution >= 4 is 5.97 Å². The predicted molar refractivity (Wildman–Crippen MR) is 75.1 cm³/mol. The molecule has 0 saturated carbocycles. The van der Waals surface area contributed by atoms with Gasteiger partial charge in [0.2, 0.25) is 0 Å². The molecule has 0 heterocycles. The molecule has 20 heavy (non-hydrogen) atoms. The van der Waals surface area contributed by atoms with Crippen LogP contribution in [0.2, 0.25) is 0 Å². The van der Waals surface area contributed by atoms with E-state index in [-0.39, 0.29) is 0 Å². The van der Waals surface area contributed by atoms with E-state index in [1.165, 1.54) is 0 Å². The topological polar surface area (TPSA) is 44.8 Å². The summed E-state index contributed by atoms with van der Waals surface area (Å²) in [5.41, 5.74) is 1.42. The summed E-state index contributed by atoms with van der Waals surface area (Å²) in [6.07, 6.45) is 0. The smallest absolute Gasteiger partial charge is 0.343 e. The normalized spacial score (nSPS) is 10.1. The van der Waals surface area contributed by atoms with E-state index >= 15 is 0 Å². The average molecular weight is 272 g/mol. The Bertz CT molecular complexity index is 575. The quantitative estimate of drug-likeness (QED) is 0.620. The molecule has 0 aromatic heterocycles. The molecule has 104 valence electrons. The highest BCUT2D eigenvalue weighted by Crippen LogP contribution is 2.18. The van der Waals surface area contributed by atoms with Gasteiger partial charge in [-0.2, -0.15) is 0 Å². The molecule has 4 nitrogen and oxygen atoms in total. The monoisotopic (exact) mass is 272 g/mol. The van der Waals surface area contributed by atoms with Gasteiger partial charge in [-0.25, -0.2) is 4.79 Å². The van der Waals surface area contributed by atoms with E-state index in [1.807, 2.05) is 6.07 Å². The maximum atomic E-state index is 12.0. The molecule has 0 spiro atoms. The molecule has 0 aliphatic heterocycles. The number of hydrogen-bond acceptors (Lipinski definition) is 4. The fraction of sp³-hybridized carbons (Fsp3) is 0.188. The molecule has 2 aromatic carbocycles. The highest BCUT2D eigenvalue weighted by atomic mass is 16.5. The lowest BCUT2D eigenvalue weighted by molar-refractivity contribution is 0.0734. The SMILES string of the molecule is COCc1cccc(C(=O)Oc2ccc(OC)cc2)c1. The minimum Gasteiger partial charge on any atom is -0.497 e. The highest BCUT2D eigenvalue weighted by molar-refractivity contribution is 5.91. The second-order valence-electron chi connectivity index (χ2n) is 4.20. The van der Waals surface area contributed by atoms with E-state index in [4.69, 9.17) is 14.2 Å². The number of ether oxygens (including phenoxy) is 3. The number of carbonyl (C=O) groups excluding carboxylic acids is 1. The molecule has 0 amide bonds. The molecule has 0 unspecified atom stereocenters. The van der Waals surface area contributed by atoms with Gasteiger partial charge in [0.15, 0.2) is 0 Å². The Kier molecular flexibility index (Phi) is 4.74. The van der Waals surface area contributed by atoms with Crippen molar-refractivity contribution in [2.45, 2.75) is 6.61 Å². The second kappa shape index (κ2) is 6.73. The summed E-state index contributed by atoms with van der Waals surface area (Å²) in [6.45, 7) is 0.462. The van der Waals surface area contributed by atoms with Crippen LogP contribution in [0.3, 0.4) is 0 Å². The highest BCUT2D eigenvalue weighted by Gasteiger charge is 2.09. The molecule has 0 atom stereocenters. The third-order valence-electron chi connectivity index (χ3n) is 2.74. The zero-order chi connectivity index (χ0) is 14.4. The third-order valence-corrected chi connectivity index (χ3v) is 2.74. The van der Waals surface area contributed by atoms with E-state index in [0.29, 0.717) is 23.7 Å². The van der Waals surface area contributed by atoms with Crippen LogP contribution >= 0.6 is 0 Å². The van der Waals surface area contributed by atoms with Gasteiger partial charge in [-0.05, 0) is 42.0 Å². The zero-order valence-corrected chi connectivity index (χ0v) is 11.5. The summed E-state index contributed by atoms with van der Waals surface area (Å²) in [5, 5.41) is 0. The van der Waals surface area contributed by atoms with Crippen LogP contribution in [0.15, 0.2) is 48.5 Å². The number of esters is 1. The van der Waals surface area contributed by atoms with E-state index < -0.39 is 5.97 Å². The third kappa shape index (κ3) is 3.59. The molecule has 0 radical (unpaired) electrons. The Balaban J connectivity index is 2.08. The van der Waals surface area contributed by atoms with Crippen molar-refractivity contribution in [2.75, 3.05) is 14.2 Å². The maximum Gasteiger partial charge on any atom is 0.343 e. The molecule has 2 aromatic rings. The molecule has 0 aliphatic rings. The maximum absolute atomic E-state index is 12.0. The Morgan fingerprint density at radius 3 is 2.35 bits per heavy atom. The van der Waals surface area contributed by atoms with E-state index in [0.717, 1.165) is 5.56 Å². The summed E-state index contributed by atoms with van der Waals surface area (Å²) in [5.74, 6) is 0.799. The number of rotatable bonds is 5. The van der Waals surface area contributed by atoms with Gasteiger partial charge >= 0.3 is 5.97 Å². The van der Waals surface area contributed by atoms with Crippen LogP contribution in [0, 0.1) is 0 Å². The molecular formula is C16H16O4. The molecule has 0 bridgehead atoms. The van der Waals surface area contributed by atoms with Gasteiger partial charge in [-0.1, -0.05) is 12.1 Å². The van der Waals surface area contributed by atoms with Crippen LogP contribution in [-0.4, -0.2) is 20.2 Å². The molecule has 0 N–H and O–H groups in total. The van der Waals surface area contributed by atoms with Gasteiger partial charge in [0.05, 0.1) is 19.3 Å². The molecule has 2 rings (SSSR count). The number of methoxy groups -OCH3 is 2. The van der Waals surface area contributed by atoms with E-state index in [2.05, 4.69) is 0 Å². The molecule has 0 fully saturated rings. The first-order chi connectivity index (χ1) is 9.72.